The minimum Gasteiger partial charge on any atom is -0.393 e. The van der Waals surface area contributed by atoms with Gasteiger partial charge in [0.15, 0.2) is 0 Å². The van der Waals surface area contributed by atoms with Crippen LogP contribution in [-0.2, 0) is 0 Å². The van der Waals surface area contributed by atoms with Gasteiger partial charge in [-0.15, -0.1) is 0 Å². The molecule has 0 spiro atoms. The van der Waals surface area contributed by atoms with Crippen LogP contribution in [-0.4, -0.2) is 34.3 Å². The lowest BCUT2D eigenvalue weighted by Gasteiger charge is -2.33. The second-order valence-electron chi connectivity index (χ2n) is 4.14. The minimum atomic E-state index is -0.100. The van der Waals surface area contributed by atoms with E-state index in [1.165, 1.54) is 0 Å². The predicted molar refractivity (Wildman–Crippen MR) is 58.7 cm³/mol. The van der Waals surface area contributed by atoms with Crippen molar-refractivity contribution in [2.45, 2.75) is 37.8 Å². The Hall–Kier alpha value is -1.16. The van der Waals surface area contributed by atoms with E-state index in [2.05, 4.69) is 14.9 Å². The molecule has 2 rings (SSSR count). The van der Waals surface area contributed by atoms with Crippen LogP contribution >= 0.6 is 0 Å². The van der Waals surface area contributed by atoms with Gasteiger partial charge in [0.05, 0.1) is 12.3 Å². The van der Waals surface area contributed by atoms with Crippen molar-refractivity contribution >= 4 is 5.82 Å². The van der Waals surface area contributed by atoms with Gasteiger partial charge < -0.3 is 10.0 Å². The van der Waals surface area contributed by atoms with Crippen LogP contribution in [0.5, 0.6) is 0 Å². The first-order chi connectivity index (χ1) is 7.27. The summed E-state index contributed by atoms with van der Waals surface area (Å²) in [7, 11) is 2.05. The SMILES string of the molecule is CN(c1cnccn1)C1CCC(O)CC1. The second kappa shape index (κ2) is 4.57. The van der Waals surface area contributed by atoms with Crippen LogP contribution < -0.4 is 4.90 Å². The van der Waals surface area contributed by atoms with Gasteiger partial charge in [-0.3, -0.25) is 4.98 Å². The highest BCUT2D eigenvalue weighted by Gasteiger charge is 2.23. The molecule has 0 amide bonds. The molecule has 0 aliphatic heterocycles. The van der Waals surface area contributed by atoms with Gasteiger partial charge in [-0.2, -0.15) is 0 Å². The van der Waals surface area contributed by atoms with Crippen molar-refractivity contribution in [3.63, 3.8) is 0 Å². The van der Waals surface area contributed by atoms with Crippen LogP contribution in [0.15, 0.2) is 18.6 Å². The van der Waals surface area contributed by atoms with E-state index in [-0.39, 0.29) is 6.10 Å². The summed E-state index contributed by atoms with van der Waals surface area (Å²) in [6, 6.07) is 0.491. The summed E-state index contributed by atoms with van der Waals surface area (Å²) in [5.74, 6) is 0.916. The number of hydrogen-bond donors (Lipinski definition) is 1. The Morgan fingerprint density at radius 2 is 2.00 bits per heavy atom. The maximum Gasteiger partial charge on any atom is 0.147 e. The highest BCUT2D eigenvalue weighted by molar-refractivity contribution is 5.35. The van der Waals surface area contributed by atoms with E-state index in [0.717, 1.165) is 31.5 Å². The van der Waals surface area contributed by atoms with Crippen LogP contribution in [0.3, 0.4) is 0 Å². The average Bonchev–Trinajstić information content (AvgIpc) is 2.30. The summed E-state index contributed by atoms with van der Waals surface area (Å²) in [4.78, 5) is 10.5. The summed E-state index contributed by atoms with van der Waals surface area (Å²) < 4.78 is 0. The molecule has 0 saturated heterocycles. The van der Waals surface area contributed by atoms with Crippen LogP contribution in [0.4, 0.5) is 5.82 Å². The largest absolute Gasteiger partial charge is 0.393 e. The highest BCUT2D eigenvalue weighted by atomic mass is 16.3. The Balaban J connectivity index is 1.99. The van der Waals surface area contributed by atoms with Gasteiger partial charge in [-0.1, -0.05) is 0 Å². The molecule has 4 nitrogen and oxygen atoms in total. The molecule has 1 aliphatic rings. The van der Waals surface area contributed by atoms with Gasteiger partial charge in [-0.05, 0) is 25.7 Å². The summed E-state index contributed by atoms with van der Waals surface area (Å²) in [6.07, 6.45) is 8.94. The topological polar surface area (TPSA) is 49.2 Å². The van der Waals surface area contributed by atoms with Crippen molar-refractivity contribution in [1.29, 1.82) is 0 Å². The molecule has 0 unspecified atom stereocenters. The van der Waals surface area contributed by atoms with E-state index in [1.54, 1.807) is 18.6 Å². The van der Waals surface area contributed by atoms with Gasteiger partial charge in [0.2, 0.25) is 0 Å². The molecule has 0 atom stereocenters. The molecule has 1 aliphatic carbocycles. The molecule has 0 radical (unpaired) electrons. The Labute approximate surface area is 90.0 Å². The number of aliphatic hydroxyl groups excluding tert-OH is 1. The van der Waals surface area contributed by atoms with Gasteiger partial charge in [0.1, 0.15) is 5.82 Å². The lowest BCUT2D eigenvalue weighted by Crippen LogP contribution is -2.36. The summed E-state index contributed by atoms with van der Waals surface area (Å²) >= 11 is 0. The average molecular weight is 207 g/mol. The first kappa shape index (κ1) is 10.4. The summed E-state index contributed by atoms with van der Waals surface area (Å²) in [5.41, 5.74) is 0. The third-order valence-corrected chi connectivity index (χ3v) is 3.12. The molecular weight excluding hydrogens is 190 g/mol. The zero-order valence-electron chi connectivity index (χ0n) is 9.00. The number of aliphatic hydroxyl groups is 1. The second-order valence-corrected chi connectivity index (χ2v) is 4.14. The molecule has 15 heavy (non-hydrogen) atoms. The fourth-order valence-electron chi connectivity index (χ4n) is 2.11. The first-order valence-electron chi connectivity index (χ1n) is 5.44. The molecule has 82 valence electrons. The van der Waals surface area contributed by atoms with Gasteiger partial charge in [-0.25, -0.2) is 4.98 Å². The first-order valence-corrected chi connectivity index (χ1v) is 5.44. The fraction of sp³-hybridized carbons (Fsp3) is 0.636. The molecule has 0 bridgehead atoms. The van der Waals surface area contributed by atoms with E-state index in [9.17, 15) is 5.11 Å². The lowest BCUT2D eigenvalue weighted by atomic mass is 9.92. The minimum absolute atomic E-state index is 0.100. The number of rotatable bonds is 2. The quantitative estimate of drug-likeness (QED) is 0.792. The molecule has 1 heterocycles. The third kappa shape index (κ3) is 2.45. The van der Waals surface area contributed by atoms with Crippen LogP contribution in [0, 0.1) is 0 Å². The third-order valence-electron chi connectivity index (χ3n) is 3.12. The van der Waals surface area contributed by atoms with E-state index in [0.29, 0.717) is 6.04 Å². The number of anilines is 1. The number of aromatic nitrogens is 2. The van der Waals surface area contributed by atoms with Crippen molar-refractivity contribution in [2.24, 2.45) is 0 Å². The monoisotopic (exact) mass is 207 g/mol. The van der Waals surface area contributed by atoms with Crippen molar-refractivity contribution < 1.29 is 5.11 Å². The standard InChI is InChI=1S/C11H17N3O/c1-14(11-8-12-6-7-13-11)9-2-4-10(15)5-3-9/h6-10,15H,2-5H2,1H3. The van der Waals surface area contributed by atoms with Crippen molar-refractivity contribution in [3.05, 3.63) is 18.6 Å². The normalized spacial score (nSPS) is 26.3. The molecule has 1 saturated carbocycles. The zero-order valence-corrected chi connectivity index (χ0v) is 9.00. The lowest BCUT2D eigenvalue weighted by molar-refractivity contribution is 0.122. The van der Waals surface area contributed by atoms with Crippen molar-refractivity contribution in [2.75, 3.05) is 11.9 Å². The smallest absolute Gasteiger partial charge is 0.147 e. The fourth-order valence-corrected chi connectivity index (χ4v) is 2.11. The maximum atomic E-state index is 9.43. The van der Waals surface area contributed by atoms with Crippen LogP contribution in [0.25, 0.3) is 0 Å². The van der Waals surface area contributed by atoms with E-state index in [1.807, 2.05) is 7.05 Å². The zero-order chi connectivity index (χ0) is 10.7. The van der Waals surface area contributed by atoms with E-state index < -0.39 is 0 Å². The number of nitrogens with zero attached hydrogens (tertiary/aromatic N) is 3. The molecule has 1 aromatic heterocycles. The Morgan fingerprint density at radius 3 is 2.60 bits per heavy atom. The van der Waals surface area contributed by atoms with Gasteiger partial charge in [0, 0.05) is 25.5 Å². The highest BCUT2D eigenvalue weighted by Crippen LogP contribution is 2.24. The van der Waals surface area contributed by atoms with Crippen molar-refractivity contribution in [3.8, 4) is 0 Å². The molecular formula is C11H17N3O. The Morgan fingerprint density at radius 1 is 1.27 bits per heavy atom. The van der Waals surface area contributed by atoms with Crippen molar-refractivity contribution in [1.82, 2.24) is 9.97 Å². The number of hydrogen-bond acceptors (Lipinski definition) is 4. The molecule has 4 heteroatoms. The Kier molecular flexibility index (Phi) is 3.16. The Bertz CT molecular complexity index is 296. The van der Waals surface area contributed by atoms with Gasteiger partial charge in [0.25, 0.3) is 0 Å². The van der Waals surface area contributed by atoms with E-state index >= 15 is 0 Å². The van der Waals surface area contributed by atoms with Crippen LogP contribution in [0.2, 0.25) is 0 Å². The predicted octanol–water partition coefficient (Wildman–Crippen LogP) is 1.22. The maximum absolute atomic E-state index is 9.43. The van der Waals surface area contributed by atoms with Crippen LogP contribution in [0.1, 0.15) is 25.7 Å². The molecule has 1 N–H and O–H groups in total. The summed E-state index contributed by atoms with van der Waals surface area (Å²) in [5, 5.41) is 9.43. The van der Waals surface area contributed by atoms with E-state index in [4.69, 9.17) is 0 Å². The molecule has 1 fully saturated rings. The summed E-state index contributed by atoms with van der Waals surface area (Å²) in [6.45, 7) is 0. The molecule has 1 aromatic rings. The molecule has 0 aromatic carbocycles. The van der Waals surface area contributed by atoms with Gasteiger partial charge >= 0.3 is 0 Å².